The highest BCUT2D eigenvalue weighted by atomic mass is 19.2. The lowest BCUT2D eigenvalue weighted by Gasteiger charge is -2.01. The second-order valence-electron chi connectivity index (χ2n) is 2.22. The Balaban J connectivity index is 3.46. The van der Waals surface area contributed by atoms with Crippen LogP contribution in [0.15, 0.2) is 6.07 Å². The van der Waals surface area contributed by atoms with Crippen LogP contribution in [0.1, 0.15) is 5.56 Å². The Hall–Kier alpha value is -1.19. The first-order valence-corrected chi connectivity index (χ1v) is 2.93. The number of nitrogen functional groups attached to an aromatic ring is 1. The monoisotopic (exact) mass is 161 g/mol. The summed E-state index contributed by atoms with van der Waals surface area (Å²) in [5.74, 6) is -4.02. The molecule has 0 fully saturated rings. The smallest absolute Gasteiger partial charge is 0.196 e. The molecular formula is C7H6F3N. The molecule has 1 aromatic carbocycles. The summed E-state index contributed by atoms with van der Waals surface area (Å²) < 4.78 is 37.4. The zero-order chi connectivity index (χ0) is 8.59. The number of aryl methyl sites for hydroxylation is 1. The van der Waals surface area contributed by atoms with Crippen LogP contribution in [0.3, 0.4) is 0 Å². The molecule has 0 saturated carbocycles. The number of hydrogen-bond donors (Lipinski definition) is 1. The first-order chi connectivity index (χ1) is 5.04. The maximum absolute atomic E-state index is 12.5. The average Bonchev–Trinajstić information content (AvgIpc) is 1.97. The first-order valence-electron chi connectivity index (χ1n) is 2.93. The first kappa shape index (κ1) is 7.91. The molecule has 11 heavy (non-hydrogen) atoms. The van der Waals surface area contributed by atoms with Crippen molar-refractivity contribution in [1.29, 1.82) is 0 Å². The standard InChI is InChI=1S/C7H6F3N/c1-3-2-4(11)6(9)7(10)5(3)8/h2H,11H2,1H3. The zero-order valence-electron chi connectivity index (χ0n) is 5.79. The van der Waals surface area contributed by atoms with Crippen molar-refractivity contribution in [1.82, 2.24) is 0 Å². The van der Waals surface area contributed by atoms with E-state index in [9.17, 15) is 13.2 Å². The molecule has 0 amide bonds. The third kappa shape index (κ3) is 1.15. The van der Waals surface area contributed by atoms with Gasteiger partial charge in [0.25, 0.3) is 0 Å². The maximum atomic E-state index is 12.5. The molecular weight excluding hydrogens is 155 g/mol. The summed E-state index contributed by atoms with van der Waals surface area (Å²) in [6.45, 7) is 1.31. The highest BCUT2D eigenvalue weighted by Crippen LogP contribution is 2.19. The highest BCUT2D eigenvalue weighted by molar-refractivity contribution is 5.43. The van der Waals surface area contributed by atoms with Gasteiger partial charge in [-0.2, -0.15) is 0 Å². The average molecular weight is 161 g/mol. The minimum Gasteiger partial charge on any atom is -0.396 e. The third-order valence-electron chi connectivity index (χ3n) is 1.36. The summed E-state index contributed by atoms with van der Waals surface area (Å²) in [4.78, 5) is 0. The molecule has 0 unspecified atom stereocenters. The highest BCUT2D eigenvalue weighted by Gasteiger charge is 2.13. The second-order valence-corrected chi connectivity index (χ2v) is 2.22. The summed E-state index contributed by atoms with van der Waals surface area (Å²) in [6, 6.07) is 1.05. The van der Waals surface area contributed by atoms with E-state index in [-0.39, 0.29) is 11.3 Å². The van der Waals surface area contributed by atoms with Crippen molar-refractivity contribution in [3.63, 3.8) is 0 Å². The molecule has 0 saturated heterocycles. The molecule has 60 valence electrons. The van der Waals surface area contributed by atoms with Crippen LogP contribution in [0.4, 0.5) is 18.9 Å². The summed E-state index contributed by atoms with van der Waals surface area (Å²) in [6.07, 6.45) is 0. The molecule has 0 aliphatic rings. The van der Waals surface area contributed by atoms with Crippen LogP contribution in [-0.4, -0.2) is 0 Å². The van der Waals surface area contributed by atoms with Gasteiger partial charge in [0.1, 0.15) is 0 Å². The van der Waals surface area contributed by atoms with Crippen LogP contribution in [-0.2, 0) is 0 Å². The number of anilines is 1. The Morgan fingerprint density at radius 3 is 2.18 bits per heavy atom. The van der Waals surface area contributed by atoms with Gasteiger partial charge < -0.3 is 5.73 Å². The quantitative estimate of drug-likeness (QED) is 0.457. The van der Waals surface area contributed by atoms with E-state index in [0.717, 1.165) is 6.07 Å². The van der Waals surface area contributed by atoms with E-state index >= 15 is 0 Å². The normalized spacial score (nSPS) is 10.2. The number of rotatable bonds is 0. The van der Waals surface area contributed by atoms with Gasteiger partial charge in [0.05, 0.1) is 5.69 Å². The lowest BCUT2D eigenvalue weighted by Crippen LogP contribution is -1.99. The molecule has 0 bridgehead atoms. The molecule has 0 heterocycles. The largest absolute Gasteiger partial charge is 0.396 e. The molecule has 0 aliphatic carbocycles. The van der Waals surface area contributed by atoms with Gasteiger partial charge in [-0.15, -0.1) is 0 Å². The molecule has 2 N–H and O–H groups in total. The van der Waals surface area contributed by atoms with E-state index in [1.807, 2.05) is 0 Å². The molecule has 0 atom stereocenters. The third-order valence-corrected chi connectivity index (χ3v) is 1.36. The fraction of sp³-hybridized carbons (Fsp3) is 0.143. The van der Waals surface area contributed by atoms with Crippen molar-refractivity contribution in [3.8, 4) is 0 Å². The van der Waals surface area contributed by atoms with Crippen LogP contribution < -0.4 is 5.73 Å². The van der Waals surface area contributed by atoms with Crippen molar-refractivity contribution in [2.75, 3.05) is 5.73 Å². The van der Waals surface area contributed by atoms with Gasteiger partial charge in [-0.3, -0.25) is 0 Å². The number of halogens is 3. The zero-order valence-corrected chi connectivity index (χ0v) is 5.79. The lowest BCUT2D eigenvalue weighted by molar-refractivity contribution is 0.446. The van der Waals surface area contributed by atoms with E-state index in [1.54, 1.807) is 0 Å². The second kappa shape index (κ2) is 2.45. The van der Waals surface area contributed by atoms with E-state index in [4.69, 9.17) is 5.73 Å². The van der Waals surface area contributed by atoms with Crippen LogP contribution in [0.25, 0.3) is 0 Å². The minimum atomic E-state index is -1.51. The predicted octanol–water partition coefficient (Wildman–Crippen LogP) is 1.99. The van der Waals surface area contributed by atoms with Crippen LogP contribution in [0.2, 0.25) is 0 Å². The van der Waals surface area contributed by atoms with Crippen LogP contribution in [0.5, 0.6) is 0 Å². The topological polar surface area (TPSA) is 26.0 Å². The molecule has 0 radical (unpaired) electrons. The van der Waals surface area contributed by atoms with Gasteiger partial charge in [-0.1, -0.05) is 0 Å². The predicted molar refractivity (Wildman–Crippen MR) is 35.5 cm³/mol. The SMILES string of the molecule is Cc1cc(N)c(F)c(F)c1F. The Morgan fingerprint density at radius 1 is 1.09 bits per heavy atom. The molecule has 1 rings (SSSR count). The Kier molecular flexibility index (Phi) is 1.76. The van der Waals surface area contributed by atoms with Gasteiger partial charge in [-0.25, -0.2) is 13.2 Å². The summed E-state index contributed by atoms with van der Waals surface area (Å²) in [5.41, 5.74) is 4.64. The molecule has 1 aromatic rings. The number of nitrogens with two attached hydrogens (primary N) is 1. The number of hydrogen-bond acceptors (Lipinski definition) is 1. The molecule has 1 nitrogen and oxygen atoms in total. The Bertz CT molecular complexity index is 270. The van der Waals surface area contributed by atoms with Gasteiger partial charge >= 0.3 is 0 Å². The van der Waals surface area contributed by atoms with E-state index in [1.165, 1.54) is 6.92 Å². The minimum absolute atomic E-state index is 0.00130. The summed E-state index contributed by atoms with van der Waals surface area (Å²) in [5, 5.41) is 0. The van der Waals surface area contributed by atoms with E-state index in [0.29, 0.717) is 0 Å². The van der Waals surface area contributed by atoms with Crippen LogP contribution in [0, 0.1) is 24.4 Å². The van der Waals surface area contributed by atoms with Crippen molar-refractivity contribution in [2.45, 2.75) is 6.92 Å². The molecule has 0 spiro atoms. The van der Waals surface area contributed by atoms with Crippen molar-refractivity contribution < 1.29 is 13.2 Å². The summed E-state index contributed by atoms with van der Waals surface area (Å²) in [7, 11) is 0. The van der Waals surface area contributed by atoms with Gasteiger partial charge in [0.2, 0.25) is 0 Å². The van der Waals surface area contributed by atoms with E-state index < -0.39 is 17.5 Å². The van der Waals surface area contributed by atoms with Crippen LogP contribution >= 0.6 is 0 Å². The summed E-state index contributed by atoms with van der Waals surface area (Å²) >= 11 is 0. The lowest BCUT2D eigenvalue weighted by atomic mass is 10.2. The van der Waals surface area contributed by atoms with Crippen molar-refractivity contribution in [2.24, 2.45) is 0 Å². The Morgan fingerprint density at radius 2 is 1.64 bits per heavy atom. The fourth-order valence-corrected chi connectivity index (χ4v) is 0.756. The molecule has 4 heteroatoms. The van der Waals surface area contributed by atoms with Crippen molar-refractivity contribution in [3.05, 3.63) is 29.1 Å². The molecule has 0 aromatic heterocycles. The molecule has 0 aliphatic heterocycles. The maximum Gasteiger partial charge on any atom is 0.196 e. The van der Waals surface area contributed by atoms with Gasteiger partial charge in [0, 0.05) is 0 Å². The van der Waals surface area contributed by atoms with E-state index in [2.05, 4.69) is 0 Å². The fourth-order valence-electron chi connectivity index (χ4n) is 0.756. The van der Waals surface area contributed by atoms with Gasteiger partial charge in [0.15, 0.2) is 17.5 Å². The van der Waals surface area contributed by atoms with Crippen molar-refractivity contribution >= 4 is 5.69 Å². The van der Waals surface area contributed by atoms with Gasteiger partial charge in [-0.05, 0) is 18.6 Å². The Labute approximate surface area is 61.6 Å². The number of benzene rings is 1.